The first-order valence-corrected chi connectivity index (χ1v) is 10.8. The van der Waals surface area contributed by atoms with Crippen molar-refractivity contribution in [1.82, 2.24) is 0 Å². The van der Waals surface area contributed by atoms with Gasteiger partial charge in [0.25, 0.3) is 0 Å². The van der Waals surface area contributed by atoms with Gasteiger partial charge in [-0.15, -0.1) is 0 Å². The highest BCUT2D eigenvalue weighted by atomic mass is 32.2. The maximum absolute atomic E-state index is 10.5. The number of rotatable bonds is 9. The molecule has 0 aromatic rings. The number of carboxylic acids is 1. The SMILES string of the molecule is O=C(O)CCC/C=C\C[C@H]1[C@H]2CC[C@H](C2)[C@H]1SCC1CCCC1. The number of unbranched alkanes of at least 4 members (excludes halogenated alkanes) is 1. The van der Waals surface area contributed by atoms with E-state index in [4.69, 9.17) is 5.11 Å². The Morgan fingerprint density at radius 2 is 1.87 bits per heavy atom. The van der Waals surface area contributed by atoms with Crippen LogP contribution in [0.3, 0.4) is 0 Å². The highest BCUT2D eigenvalue weighted by Crippen LogP contribution is 2.55. The van der Waals surface area contributed by atoms with Gasteiger partial charge in [-0.05, 0) is 80.8 Å². The maximum atomic E-state index is 10.5. The van der Waals surface area contributed by atoms with Crippen LogP contribution in [0.5, 0.6) is 0 Å². The van der Waals surface area contributed by atoms with Crippen molar-refractivity contribution in [3.8, 4) is 0 Å². The van der Waals surface area contributed by atoms with E-state index in [1.807, 2.05) is 0 Å². The molecule has 0 aromatic carbocycles. The first kappa shape index (κ1) is 17.4. The molecule has 1 N–H and O–H groups in total. The summed E-state index contributed by atoms with van der Waals surface area (Å²) in [6.45, 7) is 0. The Bertz CT molecular complexity index is 414. The van der Waals surface area contributed by atoms with Gasteiger partial charge >= 0.3 is 5.97 Å². The molecule has 3 rings (SSSR count). The Kier molecular flexibility index (Phi) is 6.50. The molecule has 3 aliphatic rings. The van der Waals surface area contributed by atoms with Crippen molar-refractivity contribution in [2.24, 2.45) is 23.7 Å². The summed E-state index contributed by atoms with van der Waals surface area (Å²) in [6, 6.07) is 0. The molecule has 0 amide bonds. The number of hydrogen-bond donors (Lipinski definition) is 1. The van der Waals surface area contributed by atoms with Gasteiger partial charge in [0.2, 0.25) is 0 Å². The number of allylic oxidation sites excluding steroid dienone is 2. The van der Waals surface area contributed by atoms with E-state index in [1.54, 1.807) is 0 Å². The first-order chi connectivity index (χ1) is 11.2. The van der Waals surface area contributed by atoms with E-state index in [-0.39, 0.29) is 0 Å². The fraction of sp³-hybridized carbons (Fsp3) is 0.850. The van der Waals surface area contributed by atoms with Gasteiger partial charge in [0.1, 0.15) is 0 Å². The van der Waals surface area contributed by atoms with E-state index in [9.17, 15) is 4.79 Å². The average Bonchev–Trinajstić information content (AvgIpc) is 3.25. The molecule has 3 fully saturated rings. The summed E-state index contributed by atoms with van der Waals surface area (Å²) in [5.41, 5.74) is 0. The van der Waals surface area contributed by atoms with E-state index in [1.165, 1.54) is 57.1 Å². The van der Waals surface area contributed by atoms with E-state index in [0.717, 1.165) is 41.8 Å². The second-order valence-corrected chi connectivity index (χ2v) is 9.15. The molecule has 130 valence electrons. The lowest BCUT2D eigenvalue weighted by Gasteiger charge is -2.30. The molecule has 0 heterocycles. The fourth-order valence-corrected chi connectivity index (χ4v) is 7.04. The second kappa shape index (κ2) is 8.60. The van der Waals surface area contributed by atoms with E-state index >= 15 is 0 Å². The Balaban J connectivity index is 1.42. The topological polar surface area (TPSA) is 37.3 Å². The molecule has 3 aliphatic carbocycles. The molecule has 23 heavy (non-hydrogen) atoms. The van der Waals surface area contributed by atoms with Gasteiger partial charge in [0.05, 0.1) is 0 Å². The van der Waals surface area contributed by atoms with Crippen LogP contribution in [0.15, 0.2) is 12.2 Å². The van der Waals surface area contributed by atoms with Gasteiger partial charge in [-0.1, -0.05) is 25.0 Å². The third-order valence-electron chi connectivity index (χ3n) is 6.34. The molecule has 2 bridgehead atoms. The lowest BCUT2D eigenvalue weighted by atomic mass is 9.86. The minimum atomic E-state index is -0.671. The zero-order chi connectivity index (χ0) is 16.1. The van der Waals surface area contributed by atoms with Gasteiger partial charge in [-0.2, -0.15) is 11.8 Å². The second-order valence-electron chi connectivity index (χ2n) is 7.94. The third kappa shape index (κ3) is 4.78. The Morgan fingerprint density at radius 3 is 2.65 bits per heavy atom. The standard InChI is InChI=1S/C20H32O2S/c21-19(22)10-4-2-1-3-9-18-16-11-12-17(13-16)20(18)23-14-15-7-5-6-8-15/h1,3,15-18,20H,2,4-14H2,(H,21,22)/b3-1-/t16-,17+,18-,20+/m0/s1. The highest BCUT2D eigenvalue weighted by molar-refractivity contribution is 7.99. The largest absolute Gasteiger partial charge is 0.481 e. The Morgan fingerprint density at radius 1 is 1.09 bits per heavy atom. The van der Waals surface area contributed by atoms with Gasteiger partial charge in [0, 0.05) is 11.7 Å². The monoisotopic (exact) mass is 336 g/mol. The summed E-state index contributed by atoms with van der Waals surface area (Å²) >= 11 is 2.31. The zero-order valence-electron chi connectivity index (χ0n) is 14.3. The molecule has 0 aliphatic heterocycles. The van der Waals surface area contributed by atoms with Gasteiger partial charge in [-0.25, -0.2) is 0 Å². The van der Waals surface area contributed by atoms with Crippen molar-refractivity contribution < 1.29 is 9.90 Å². The summed E-state index contributed by atoms with van der Waals surface area (Å²) in [6.07, 6.45) is 18.1. The molecule has 0 unspecified atom stereocenters. The number of carbonyl (C=O) groups is 1. The number of fused-ring (bicyclic) bond motifs is 2. The van der Waals surface area contributed by atoms with Gasteiger partial charge in [0.15, 0.2) is 0 Å². The van der Waals surface area contributed by atoms with Crippen LogP contribution >= 0.6 is 11.8 Å². The lowest BCUT2D eigenvalue weighted by molar-refractivity contribution is -0.137. The van der Waals surface area contributed by atoms with Crippen LogP contribution in [0.1, 0.15) is 70.6 Å². The van der Waals surface area contributed by atoms with Crippen LogP contribution in [-0.2, 0) is 4.79 Å². The van der Waals surface area contributed by atoms with Crippen LogP contribution in [-0.4, -0.2) is 22.1 Å². The van der Waals surface area contributed by atoms with Crippen LogP contribution in [0.4, 0.5) is 0 Å². The minimum absolute atomic E-state index is 0.304. The summed E-state index contributed by atoms with van der Waals surface area (Å²) < 4.78 is 0. The first-order valence-electron chi connectivity index (χ1n) is 9.72. The van der Waals surface area contributed by atoms with E-state index in [0.29, 0.717) is 6.42 Å². The molecule has 0 aromatic heterocycles. The highest BCUT2D eigenvalue weighted by Gasteiger charge is 2.46. The number of hydrogen-bond acceptors (Lipinski definition) is 2. The number of thioether (sulfide) groups is 1. The van der Waals surface area contributed by atoms with Crippen molar-refractivity contribution in [2.45, 2.75) is 75.9 Å². The van der Waals surface area contributed by atoms with E-state index < -0.39 is 5.97 Å². The Hall–Kier alpha value is -0.440. The molecule has 0 saturated heterocycles. The van der Waals surface area contributed by atoms with Gasteiger partial charge < -0.3 is 5.11 Å². The molecule has 0 spiro atoms. The van der Waals surface area contributed by atoms with Crippen LogP contribution in [0.25, 0.3) is 0 Å². The zero-order valence-corrected chi connectivity index (χ0v) is 15.1. The van der Waals surface area contributed by atoms with Crippen molar-refractivity contribution in [3.63, 3.8) is 0 Å². The molecular weight excluding hydrogens is 304 g/mol. The smallest absolute Gasteiger partial charge is 0.303 e. The predicted molar refractivity (Wildman–Crippen MR) is 97.8 cm³/mol. The summed E-state index contributed by atoms with van der Waals surface area (Å²) in [5, 5.41) is 9.59. The summed E-state index contributed by atoms with van der Waals surface area (Å²) in [7, 11) is 0. The predicted octanol–water partition coefficient (Wildman–Crippen LogP) is 5.53. The molecule has 3 heteroatoms. The van der Waals surface area contributed by atoms with Crippen LogP contribution in [0.2, 0.25) is 0 Å². The van der Waals surface area contributed by atoms with Crippen LogP contribution < -0.4 is 0 Å². The fourth-order valence-electron chi connectivity index (χ4n) is 5.11. The number of carboxylic acid groups (broad SMARTS) is 1. The number of aliphatic carboxylic acids is 1. The lowest BCUT2D eigenvalue weighted by Crippen LogP contribution is -2.25. The Labute approximate surface area is 145 Å². The van der Waals surface area contributed by atoms with Gasteiger partial charge in [-0.3, -0.25) is 4.79 Å². The summed E-state index contributed by atoms with van der Waals surface area (Å²) in [4.78, 5) is 10.5. The van der Waals surface area contributed by atoms with Crippen molar-refractivity contribution >= 4 is 17.7 Å². The van der Waals surface area contributed by atoms with Crippen molar-refractivity contribution in [3.05, 3.63) is 12.2 Å². The normalized spacial score (nSPS) is 33.9. The third-order valence-corrected chi connectivity index (χ3v) is 8.12. The quantitative estimate of drug-likeness (QED) is 0.444. The van der Waals surface area contributed by atoms with Crippen molar-refractivity contribution in [1.29, 1.82) is 0 Å². The molecule has 0 radical (unpaired) electrons. The summed E-state index contributed by atoms with van der Waals surface area (Å²) in [5.74, 6) is 4.62. The minimum Gasteiger partial charge on any atom is -0.481 e. The van der Waals surface area contributed by atoms with E-state index in [2.05, 4.69) is 23.9 Å². The molecular formula is C20H32O2S. The molecule has 3 saturated carbocycles. The van der Waals surface area contributed by atoms with Crippen molar-refractivity contribution in [2.75, 3.05) is 5.75 Å². The molecule has 2 nitrogen and oxygen atoms in total. The maximum Gasteiger partial charge on any atom is 0.303 e. The van der Waals surface area contributed by atoms with Crippen LogP contribution in [0, 0.1) is 23.7 Å². The average molecular weight is 337 g/mol. The molecule has 4 atom stereocenters.